The molecular weight excluding hydrogens is 386 g/mol. The molecule has 2 aromatic carbocycles. The molecule has 11 nitrogen and oxygen atoms in total. The molecule has 0 radical (unpaired) electrons. The Balaban J connectivity index is 1.73. The second-order valence-corrected chi connectivity index (χ2v) is 6.19. The molecule has 1 aliphatic rings. The lowest BCUT2D eigenvalue weighted by Gasteiger charge is -2.19. The average molecular weight is 401 g/mol. The number of ether oxygens (including phenoxy) is 2. The Morgan fingerprint density at radius 3 is 2.28 bits per heavy atom. The molecule has 1 saturated heterocycles. The van der Waals surface area contributed by atoms with Crippen LogP contribution in [0.15, 0.2) is 42.5 Å². The summed E-state index contributed by atoms with van der Waals surface area (Å²) in [6.07, 6.45) is -0.105. The first-order valence-electron chi connectivity index (χ1n) is 8.39. The Hall–Kier alpha value is -4.02. The lowest BCUT2D eigenvalue weighted by molar-refractivity contribution is -0.385. The quantitative estimate of drug-likeness (QED) is 0.311. The minimum Gasteiger partial charge on any atom is -0.494 e. The number of methoxy groups -OCH3 is 1. The van der Waals surface area contributed by atoms with Gasteiger partial charge in [-0.05, 0) is 18.2 Å². The van der Waals surface area contributed by atoms with Crippen LogP contribution in [0.2, 0.25) is 0 Å². The molecule has 0 unspecified atom stereocenters. The summed E-state index contributed by atoms with van der Waals surface area (Å²) in [5.41, 5.74) is -0.0163. The van der Waals surface area contributed by atoms with Crippen molar-refractivity contribution in [3.05, 3.63) is 62.7 Å². The predicted molar refractivity (Wildman–Crippen MR) is 98.8 cm³/mol. The van der Waals surface area contributed by atoms with E-state index in [-0.39, 0.29) is 41.7 Å². The van der Waals surface area contributed by atoms with E-state index in [4.69, 9.17) is 9.47 Å². The zero-order valence-corrected chi connectivity index (χ0v) is 15.1. The highest BCUT2D eigenvalue weighted by molar-refractivity contribution is 6.00. The van der Waals surface area contributed by atoms with Gasteiger partial charge in [-0.15, -0.1) is 0 Å². The lowest BCUT2D eigenvalue weighted by atomic mass is 10.1. The Kier molecular flexibility index (Phi) is 5.39. The average Bonchev–Trinajstić information content (AvgIpc) is 3.09. The lowest BCUT2D eigenvalue weighted by Crippen LogP contribution is -2.27. The van der Waals surface area contributed by atoms with Crippen molar-refractivity contribution >= 4 is 28.9 Å². The fourth-order valence-electron chi connectivity index (χ4n) is 2.94. The number of nitrogens with zero attached hydrogens (tertiary/aromatic N) is 3. The maximum Gasteiger partial charge on any atom is 0.316 e. The summed E-state index contributed by atoms with van der Waals surface area (Å²) in [7, 11) is 1.32. The van der Waals surface area contributed by atoms with E-state index in [0.29, 0.717) is 5.69 Å². The number of non-ortho nitro benzene ring substituents is 2. The molecular formula is C18H15N3O8. The van der Waals surface area contributed by atoms with Crippen LogP contribution in [0.5, 0.6) is 11.5 Å². The maximum atomic E-state index is 12.4. The molecule has 1 heterocycles. The Morgan fingerprint density at radius 2 is 1.69 bits per heavy atom. The number of amides is 1. The predicted octanol–water partition coefficient (Wildman–Crippen LogP) is 2.47. The summed E-state index contributed by atoms with van der Waals surface area (Å²) in [6.45, 7) is 0.0127. The van der Waals surface area contributed by atoms with E-state index in [9.17, 15) is 29.8 Å². The van der Waals surface area contributed by atoms with Crippen molar-refractivity contribution in [2.24, 2.45) is 5.92 Å². The van der Waals surface area contributed by atoms with Crippen LogP contribution in [0.25, 0.3) is 0 Å². The summed E-state index contributed by atoms with van der Waals surface area (Å²) < 4.78 is 10.4. The smallest absolute Gasteiger partial charge is 0.316 e. The second-order valence-electron chi connectivity index (χ2n) is 6.19. The normalized spacial score (nSPS) is 15.8. The number of carbonyl (C=O) groups is 2. The Morgan fingerprint density at radius 1 is 1.07 bits per heavy atom. The highest BCUT2D eigenvalue weighted by atomic mass is 16.6. The summed E-state index contributed by atoms with van der Waals surface area (Å²) in [4.78, 5) is 46.5. The maximum absolute atomic E-state index is 12.4. The van der Waals surface area contributed by atoms with Crippen molar-refractivity contribution < 1.29 is 28.9 Å². The molecule has 1 amide bonds. The van der Waals surface area contributed by atoms with Crippen molar-refractivity contribution in [3.63, 3.8) is 0 Å². The first-order valence-corrected chi connectivity index (χ1v) is 8.39. The minimum atomic E-state index is -0.766. The van der Waals surface area contributed by atoms with E-state index in [0.717, 1.165) is 0 Å². The van der Waals surface area contributed by atoms with Gasteiger partial charge >= 0.3 is 5.97 Å². The van der Waals surface area contributed by atoms with Crippen molar-refractivity contribution in [2.45, 2.75) is 6.42 Å². The number of nitro benzene ring substituents is 2. The van der Waals surface area contributed by atoms with Gasteiger partial charge in [0.1, 0.15) is 11.5 Å². The largest absolute Gasteiger partial charge is 0.494 e. The molecule has 2 aromatic rings. The standard InChI is InChI=1S/C18H15N3O8/c1-28-16-9-13(21(26)27)4-7-15(16)19-10-11(8-17(19)22)18(23)29-14-5-2-12(3-6-14)20(24)25/h2-7,9,11H,8,10H2,1H3/t11-/m0/s1. The van der Waals surface area contributed by atoms with E-state index in [1.807, 2.05) is 0 Å². The van der Waals surface area contributed by atoms with Crippen LogP contribution < -0.4 is 14.4 Å². The van der Waals surface area contributed by atoms with Crippen LogP contribution in [0.4, 0.5) is 17.1 Å². The highest BCUT2D eigenvalue weighted by Crippen LogP contribution is 2.36. The summed E-state index contributed by atoms with van der Waals surface area (Å²) in [5, 5.41) is 21.6. The van der Waals surface area contributed by atoms with Crippen LogP contribution >= 0.6 is 0 Å². The van der Waals surface area contributed by atoms with Gasteiger partial charge in [0.05, 0.1) is 34.6 Å². The van der Waals surface area contributed by atoms with Crippen molar-refractivity contribution in [1.29, 1.82) is 0 Å². The molecule has 1 fully saturated rings. The molecule has 0 N–H and O–H groups in total. The van der Waals surface area contributed by atoms with Gasteiger partial charge in [-0.2, -0.15) is 0 Å². The van der Waals surface area contributed by atoms with E-state index < -0.39 is 21.7 Å². The van der Waals surface area contributed by atoms with E-state index in [1.165, 1.54) is 54.5 Å². The third-order valence-electron chi connectivity index (χ3n) is 4.39. The van der Waals surface area contributed by atoms with Gasteiger partial charge in [0, 0.05) is 31.2 Å². The molecule has 0 aliphatic carbocycles. The molecule has 0 bridgehead atoms. The van der Waals surface area contributed by atoms with Crippen molar-refractivity contribution in [3.8, 4) is 11.5 Å². The van der Waals surface area contributed by atoms with Gasteiger partial charge in [0.2, 0.25) is 5.91 Å². The molecule has 0 saturated carbocycles. The van der Waals surface area contributed by atoms with Crippen LogP contribution in [0.1, 0.15) is 6.42 Å². The Labute approximate surface area is 163 Å². The number of hydrogen-bond donors (Lipinski definition) is 0. The van der Waals surface area contributed by atoms with Crippen molar-refractivity contribution in [1.82, 2.24) is 0 Å². The topological polar surface area (TPSA) is 142 Å². The monoisotopic (exact) mass is 401 g/mol. The molecule has 0 spiro atoms. The summed E-state index contributed by atoms with van der Waals surface area (Å²) in [6, 6.07) is 8.83. The second kappa shape index (κ2) is 7.92. The van der Waals surface area contributed by atoms with E-state index in [2.05, 4.69) is 0 Å². The zero-order valence-electron chi connectivity index (χ0n) is 15.1. The highest BCUT2D eigenvalue weighted by Gasteiger charge is 2.37. The molecule has 11 heteroatoms. The third kappa shape index (κ3) is 4.13. The van der Waals surface area contributed by atoms with Gasteiger partial charge in [-0.3, -0.25) is 29.8 Å². The first kappa shape index (κ1) is 19.7. The molecule has 3 rings (SSSR count). The number of esters is 1. The first-order chi connectivity index (χ1) is 13.8. The van der Waals surface area contributed by atoms with Crippen LogP contribution in [-0.4, -0.2) is 35.4 Å². The molecule has 1 atom stereocenters. The van der Waals surface area contributed by atoms with E-state index in [1.54, 1.807) is 0 Å². The minimum absolute atomic E-state index is 0.0127. The van der Waals surface area contributed by atoms with Gasteiger partial charge in [-0.25, -0.2) is 0 Å². The number of carbonyl (C=O) groups excluding carboxylic acids is 2. The Bertz CT molecular complexity index is 989. The molecule has 150 valence electrons. The third-order valence-corrected chi connectivity index (χ3v) is 4.39. The van der Waals surface area contributed by atoms with Crippen molar-refractivity contribution in [2.75, 3.05) is 18.6 Å². The number of nitro groups is 2. The summed E-state index contributed by atoms with van der Waals surface area (Å²) in [5.74, 6) is -1.52. The number of rotatable bonds is 6. The number of benzene rings is 2. The van der Waals surface area contributed by atoms with Gasteiger partial charge in [0.15, 0.2) is 0 Å². The van der Waals surface area contributed by atoms with E-state index >= 15 is 0 Å². The molecule has 1 aliphatic heterocycles. The van der Waals surface area contributed by atoms with Gasteiger partial charge < -0.3 is 14.4 Å². The fourth-order valence-corrected chi connectivity index (χ4v) is 2.94. The number of hydrogen-bond acceptors (Lipinski definition) is 8. The van der Waals surface area contributed by atoms with Gasteiger partial charge in [0.25, 0.3) is 11.4 Å². The fraction of sp³-hybridized carbons (Fsp3) is 0.222. The zero-order chi connectivity index (χ0) is 21.1. The SMILES string of the molecule is COc1cc([N+](=O)[O-])ccc1N1C[C@@H](C(=O)Oc2ccc([N+](=O)[O-])cc2)CC1=O. The summed E-state index contributed by atoms with van der Waals surface area (Å²) >= 11 is 0. The van der Waals surface area contributed by atoms with Crippen LogP contribution in [-0.2, 0) is 9.59 Å². The van der Waals surface area contributed by atoms with Crippen LogP contribution in [0.3, 0.4) is 0 Å². The van der Waals surface area contributed by atoms with Gasteiger partial charge in [-0.1, -0.05) is 0 Å². The number of anilines is 1. The molecule has 0 aromatic heterocycles. The molecule has 29 heavy (non-hydrogen) atoms. The van der Waals surface area contributed by atoms with Crippen LogP contribution in [0, 0.1) is 26.1 Å².